The van der Waals surface area contributed by atoms with Gasteiger partial charge in [0.05, 0.1) is 0 Å². The highest BCUT2D eigenvalue weighted by Crippen LogP contribution is 2.78. The molecule has 1 N–H and O–H groups in total. The summed E-state index contributed by atoms with van der Waals surface area (Å²) in [4.78, 5) is 0. The van der Waals surface area contributed by atoms with Gasteiger partial charge >= 0.3 is 0 Å². The van der Waals surface area contributed by atoms with Gasteiger partial charge in [0.1, 0.15) is 0 Å². The molecule has 0 rings (SSSR count). The first kappa shape index (κ1) is 65.9. The van der Waals surface area contributed by atoms with Crippen LogP contribution in [0.1, 0.15) is 0 Å². The standard InChI is InChI=1S/C16Cl34.H2O3S/c17-1(18,3(21,22)5(25,26)7(29,30)9(33,34)11(37,38)13(41,42)15(45,46)47)2(19,20)4(23,24)6(27,28)8(31,32)10(35,36)12(39,40)14(43,44)16(48,49)50;1-4(2)3/h;4H,(H,1,2,3). The van der Waals surface area contributed by atoms with Crippen LogP contribution in [0, 0.1) is 0 Å². The lowest BCUT2D eigenvalue weighted by Gasteiger charge is -2.58. The third-order valence-electron chi connectivity index (χ3n) is 5.84. The average Bonchev–Trinajstić information content (AvgIpc) is 2.89. The summed E-state index contributed by atoms with van der Waals surface area (Å²) in [7, 11) is -3.12. The third-order valence-corrected chi connectivity index (χ3v) is 29.6. The minimum Gasteiger partial charge on any atom is -0.288 e. The van der Waals surface area contributed by atoms with Crippen molar-refractivity contribution in [3.63, 3.8) is 0 Å². The van der Waals surface area contributed by atoms with E-state index in [0.29, 0.717) is 0 Å². The normalized spacial score (nSPS) is 16.7. The third kappa shape index (κ3) is 10.9. The number of alkyl halides is 34. The van der Waals surface area contributed by atoms with E-state index in [1.165, 1.54) is 0 Å². The van der Waals surface area contributed by atoms with E-state index in [1.54, 1.807) is 0 Å². The van der Waals surface area contributed by atoms with Crippen LogP contribution in [-0.4, -0.2) is 81.2 Å². The molecule has 0 aliphatic heterocycles. The van der Waals surface area contributed by atoms with Crippen molar-refractivity contribution in [2.24, 2.45) is 0 Å². The summed E-state index contributed by atoms with van der Waals surface area (Å²) in [5.74, 6) is 0. The lowest BCUT2D eigenvalue weighted by Crippen LogP contribution is -2.75. The van der Waals surface area contributed by atoms with Crippen LogP contribution < -0.4 is 0 Å². The molecule has 0 aromatic heterocycles. The highest BCUT2D eigenvalue weighted by atomic mass is 35.6. The van der Waals surface area contributed by atoms with Gasteiger partial charge in [0.15, 0.2) is 52.0 Å². The zero-order chi connectivity index (χ0) is 45.6. The highest BCUT2D eigenvalue weighted by molar-refractivity contribution is 7.66. The molecule has 0 bridgehead atoms. The Morgan fingerprint density at radius 2 is 0.259 bits per heavy atom. The SMILES string of the molecule is ClC(Cl)(Cl)C(Cl)(Cl)C(Cl)(Cl)C(Cl)(Cl)C(Cl)(Cl)C(Cl)(Cl)C(Cl)(Cl)C(Cl)(Cl)C(Cl)(Cl)C(Cl)(Cl)C(Cl)(Cl)C(Cl)(Cl)C(Cl)(Cl)C(Cl)(Cl)C(Cl)(Cl)C(Cl)(Cl)Cl.O=[SH](=O)O. The highest BCUT2D eigenvalue weighted by Gasteiger charge is 2.87. The topological polar surface area (TPSA) is 54.4 Å². The van der Waals surface area contributed by atoms with Crippen LogP contribution in [0.5, 0.6) is 0 Å². The maximum Gasteiger partial charge on any atom is 0.254 e. The Balaban J connectivity index is 0. The largest absolute Gasteiger partial charge is 0.288 e. The monoisotopic (exact) mass is 1460 g/mol. The molecule has 38 heteroatoms. The molecule has 328 valence electrons. The van der Waals surface area contributed by atoms with Crippen LogP contribution in [0.4, 0.5) is 0 Å². The second kappa shape index (κ2) is 20.2. The molecular formula is C16H2Cl34O3S. The predicted octanol–water partition coefficient (Wildman–Crippen LogP) is 19.2. The van der Waals surface area contributed by atoms with Crippen LogP contribution in [0.3, 0.4) is 0 Å². The quantitative estimate of drug-likeness (QED) is 0.110. The van der Waals surface area contributed by atoms with Gasteiger partial charge in [-0.15, -0.1) is 0 Å². The molecule has 0 aliphatic carbocycles. The van der Waals surface area contributed by atoms with Gasteiger partial charge in [-0.05, 0) is 0 Å². The van der Waals surface area contributed by atoms with Crippen molar-refractivity contribution in [1.82, 2.24) is 0 Å². The van der Waals surface area contributed by atoms with E-state index in [1.807, 2.05) is 0 Å². The summed E-state index contributed by atoms with van der Waals surface area (Å²) < 4.78 is -29.4. The number of hydrogen-bond acceptors (Lipinski definition) is 2. The minimum absolute atomic E-state index is 2.84. The molecule has 0 unspecified atom stereocenters. The van der Waals surface area contributed by atoms with E-state index in [2.05, 4.69) is 0 Å². The molecule has 0 saturated heterocycles. The van der Waals surface area contributed by atoms with Gasteiger partial charge in [-0.25, -0.2) is 8.42 Å². The first-order valence-electron chi connectivity index (χ1n) is 10.7. The summed E-state index contributed by atoms with van der Waals surface area (Å²) in [6.45, 7) is 0. The first-order valence-corrected chi connectivity index (χ1v) is 24.7. The molecule has 0 aliphatic rings. The van der Waals surface area contributed by atoms with Crippen LogP contribution in [0.25, 0.3) is 0 Å². The molecule has 0 radical (unpaired) electrons. The fourth-order valence-corrected chi connectivity index (χ4v) is 13.8. The Labute approximate surface area is 478 Å². The van der Waals surface area contributed by atoms with E-state index < -0.39 is 79.2 Å². The second-order valence-electron chi connectivity index (χ2n) is 9.27. The molecule has 0 heterocycles. The van der Waals surface area contributed by atoms with E-state index in [4.69, 9.17) is 407 Å². The summed E-state index contributed by atoms with van der Waals surface area (Å²) in [6.07, 6.45) is 0. The Hall–Kier alpha value is 9.77. The molecule has 0 atom stereocenters. The van der Waals surface area contributed by atoms with E-state index >= 15 is 0 Å². The minimum atomic E-state index is -3.62. The van der Waals surface area contributed by atoms with Crippen LogP contribution in [-0.2, 0) is 11.0 Å². The Morgan fingerprint density at radius 1 is 0.204 bits per heavy atom. The van der Waals surface area contributed by atoms with Crippen molar-refractivity contribution in [2.75, 3.05) is 0 Å². The van der Waals surface area contributed by atoms with Gasteiger partial charge in [-0.3, -0.25) is 4.55 Å². The number of rotatable bonds is 13. The van der Waals surface area contributed by atoms with Crippen molar-refractivity contribution in [3.8, 4) is 0 Å². The Kier molecular flexibility index (Phi) is 24.7. The van der Waals surface area contributed by atoms with E-state index in [9.17, 15) is 0 Å². The van der Waals surface area contributed by atoms with Gasteiger partial charge in [0.25, 0.3) is 11.0 Å². The lowest BCUT2D eigenvalue weighted by molar-refractivity contribution is 0.398. The molecule has 0 spiro atoms. The Morgan fingerprint density at radius 3 is 0.315 bits per heavy atom. The van der Waals surface area contributed by atoms with E-state index in [0.717, 1.165) is 0 Å². The fraction of sp³-hybridized carbons (Fsp3) is 1.00. The van der Waals surface area contributed by atoms with Gasteiger partial charge in [0, 0.05) is 0 Å². The maximum absolute atomic E-state index is 8.59. The number of halogens is 34. The van der Waals surface area contributed by atoms with Crippen molar-refractivity contribution in [3.05, 3.63) is 0 Å². The van der Waals surface area contributed by atoms with E-state index in [-0.39, 0.29) is 0 Å². The first-order chi connectivity index (χ1) is 22.5. The van der Waals surface area contributed by atoms with Crippen molar-refractivity contribution in [1.29, 1.82) is 0 Å². The van der Waals surface area contributed by atoms with Gasteiger partial charge < -0.3 is 0 Å². The maximum atomic E-state index is 8.59. The van der Waals surface area contributed by atoms with Gasteiger partial charge in [-0.1, -0.05) is 394 Å². The molecule has 0 saturated carbocycles. The molecule has 0 aromatic rings. The van der Waals surface area contributed by atoms with Crippen LogP contribution >= 0.6 is 394 Å². The van der Waals surface area contributed by atoms with Crippen molar-refractivity contribution in [2.45, 2.75) is 68.3 Å². The molecular weight excluding hydrogens is 1480 g/mol. The number of hydrogen-bond donors (Lipinski definition) is 2. The number of thiol groups is 1. The predicted molar refractivity (Wildman–Crippen MR) is 256 cm³/mol. The summed E-state index contributed by atoms with van der Waals surface area (Å²) >= 11 is 213. The molecule has 0 aromatic carbocycles. The fourth-order valence-electron chi connectivity index (χ4n) is 2.72. The average molecular weight is 1480 g/mol. The molecule has 54 heavy (non-hydrogen) atoms. The van der Waals surface area contributed by atoms with Gasteiger partial charge in [0.2, 0.25) is 16.3 Å². The molecule has 0 fully saturated rings. The smallest absolute Gasteiger partial charge is 0.254 e. The zero-order valence-corrected chi connectivity index (χ0v) is 49.2. The van der Waals surface area contributed by atoms with Crippen LogP contribution in [0.2, 0.25) is 0 Å². The van der Waals surface area contributed by atoms with Crippen molar-refractivity contribution >= 4 is 405 Å². The van der Waals surface area contributed by atoms with Crippen molar-refractivity contribution < 1.29 is 13.0 Å². The second-order valence-corrected chi connectivity index (χ2v) is 32.9. The van der Waals surface area contributed by atoms with Gasteiger partial charge in [-0.2, -0.15) is 0 Å². The van der Waals surface area contributed by atoms with Crippen LogP contribution in [0.15, 0.2) is 0 Å². The summed E-state index contributed by atoms with van der Waals surface area (Å²) in [5.41, 5.74) is 0. The molecule has 0 amide bonds. The molecule has 3 nitrogen and oxygen atoms in total. The lowest BCUT2D eigenvalue weighted by atomic mass is 9.97. The summed E-state index contributed by atoms with van der Waals surface area (Å²) in [5, 5.41) is 0. The zero-order valence-electron chi connectivity index (χ0n) is 22.6. The Bertz CT molecular complexity index is 1310. The summed E-state index contributed by atoms with van der Waals surface area (Å²) in [6, 6.07) is 0.